The van der Waals surface area contributed by atoms with Crippen molar-refractivity contribution in [3.05, 3.63) is 58.9 Å². The zero-order valence-corrected chi connectivity index (χ0v) is 12.9. The van der Waals surface area contributed by atoms with E-state index >= 15 is 0 Å². The maximum atomic E-state index is 12.4. The summed E-state index contributed by atoms with van der Waals surface area (Å²) < 4.78 is 27.6. The van der Waals surface area contributed by atoms with Crippen LogP contribution in [0, 0.1) is 0 Å². The van der Waals surface area contributed by atoms with Gasteiger partial charge in [0.05, 0.1) is 0 Å². The van der Waals surface area contributed by atoms with E-state index in [0.29, 0.717) is 0 Å². The summed E-state index contributed by atoms with van der Waals surface area (Å²) in [6, 6.07) is 10.7. The van der Waals surface area contributed by atoms with E-state index in [1.54, 1.807) is 0 Å². The monoisotopic (exact) mass is 322 g/mol. The smallest absolute Gasteiger partial charge is 0.242 e. The lowest BCUT2D eigenvalue weighted by molar-refractivity contribution is 0.507. The second kappa shape index (κ2) is 5.75. The van der Waals surface area contributed by atoms with E-state index in [1.165, 1.54) is 23.9 Å². The molecule has 1 atom stereocenters. The number of hydrogen-bond acceptors (Lipinski definition) is 3. The molecular weight excluding hydrogens is 308 g/mol. The highest BCUT2D eigenvalue weighted by Crippen LogP contribution is 2.30. The molecule has 21 heavy (non-hydrogen) atoms. The molecule has 110 valence electrons. The quantitative estimate of drug-likeness (QED) is 0.883. The van der Waals surface area contributed by atoms with Crippen molar-refractivity contribution in [3.8, 4) is 0 Å². The van der Waals surface area contributed by atoms with E-state index in [2.05, 4.69) is 15.8 Å². The van der Waals surface area contributed by atoms with Gasteiger partial charge in [-0.1, -0.05) is 35.9 Å². The second-order valence-electron chi connectivity index (χ2n) is 5.08. The lowest BCUT2D eigenvalue weighted by Crippen LogP contribution is -2.31. The Kier molecular flexibility index (Phi) is 3.97. The fourth-order valence-electron chi connectivity index (χ4n) is 2.65. The van der Waals surface area contributed by atoms with Gasteiger partial charge in [-0.2, -0.15) is 0 Å². The molecule has 6 heteroatoms. The third-order valence-corrected chi connectivity index (χ3v) is 5.36. The molecule has 0 unspecified atom stereocenters. The largest absolute Gasteiger partial charge is 0.243 e. The van der Waals surface area contributed by atoms with Gasteiger partial charge in [0.2, 0.25) is 10.0 Å². The van der Waals surface area contributed by atoms with Crippen LogP contribution in [0.1, 0.15) is 30.0 Å². The lowest BCUT2D eigenvalue weighted by atomic mass is 9.88. The summed E-state index contributed by atoms with van der Waals surface area (Å²) in [5.74, 6) is 0. The van der Waals surface area contributed by atoms with Crippen molar-refractivity contribution in [1.82, 2.24) is 9.71 Å². The van der Waals surface area contributed by atoms with E-state index in [9.17, 15) is 8.42 Å². The number of nitrogens with zero attached hydrogens (tertiary/aromatic N) is 1. The van der Waals surface area contributed by atoms with Gasteiger partial charge < -0.3 is 0 Å². The van der Waals surface area contributed by atoms with Crippen molar-refractivity contribution in [1.29, 1.82) is 0 Å². The van der Waals surface area contributed by atoms with Crippen molar-refractivity contribution in [2.24, 2.45) is 0 Å². The van der Waals surface area contributed by atoms with Crippen LogP contribution in [-0.2, 0) is 16.4 Å². The molecular formula is C15H15ClN2O2S. The number of halogens is 1. The Morgan fingerprint density at radius 3 is 2.76 bits per heavy atom. The number of pyridine rings is 1. The molecule has 0 bridgehead atoms. The minimum Gasteiger partial charge on any atom is -0.243 e. The molecule has 1 aliphatic carbocycles. The van der Waals surface area contributed by atoms with Crippen LogP contribution in [0.25, 0.3) is 0 Å². The first-order valence-electron chi connectivity index (χ1n) is 6.78. The third kappa shape index (κ3) is 3.10. The average molecular weight is 323 g/mol. The van der Waals surface area contributed by atoms with Crippen LogP contribution in [-0.4, -0.2) is 13.4 Å². The Bertz CT molecular complexity index is 745. The fraction of sp³-hybridized carbons (Fsp3) is 0.267. The predicted molar refractivity (Wildman–Crippen MR) is 81.7 cm³/mol. The third-order valence-electron chi connectivity index (χ3n) is 3.68. The van der Waals surface area contributed by atoms with Gasteiger partial charge in [0.1, 0.15) is 10.0 Å². The maximum Gasteiger partial charge on any atom is 0.242 e. The first kappa shape index (κ1) is 14.5. The van der Waals surface area contributed by atoms with Gasteiger partial charge >= 0.3 is 0 Å². The number of benzene rings is 1. The number of aryl methyl sites for hydroxylation is 1. The summed E-state index contributed by atoms with van der Waals surface area (Å²) in [5, 5.41) is 0.275. The first-order chi connectivity index (χ1) is 10.1. The summed E-state index contributed by atoms with van der Waals surface area (Å²) in [6.45, 7) is 0. The Morgan fingerprint density at radius 2 is 2.00 bits per heavy atom. The van der Waals surface area contributed by atoms with Crippen molar-refractivity contribution in [2.45, 2.75) is 30.2 Å². The number of hydrogen-bond donors (Lipinski definition) is 1. The summed E-state index contributed by atoms with van der Waals surface area (Å²) in [6.07, 6.45) is 4.05. The van der Waals surface area contributed by atoms with Crippen LogP contribution in [0.2, 0.25) is 5.15 Å². The molecule has 4 nitrogen and oxygen atoms in total. The Labute approximate surface area is 129 Å². The fourth-order valence-corrected chi connectivity index (χ4v) is 3.96. The molecule has 1 aromatic carbocycles. The normalized spacial score (nSPS) is 18.2. The topological polar surface area (TPSA) is 59.1 Å². The van der Waals surface area contributed by atoms with Crippen molar-refractivity contribution in [3.63, 3.8) is 0 Å². The SMILES string of the molecule is O=S(=O)(N[C@@H]1CCCc2ccccc21)c1ccc(Cl)nc1. The highest BCUT2D eigenvalue weighted by Gasteiger charge is 2.25. The molecule has 1 N–H and O–H groups in total. The summed E-state index contributed by atoms with van der Waals surface area (Å²) in [4.78, 5) is 3.96. The molecule has 0 saturated heterocycles. The number of rotatable bonds is 3. The first-order valence-corrected chi connectivity index (χ1v) is 8.64. The van der Waals surface area contributed by atoms with Crippen molar-refractivity contribution in [2.75, 3.05) is 0 Å². The van der Waals surface area contributed by atoms with Crippen molar-refractivity contribution < 1.29 is 8.42 Å². The molecule has 0 radical (unpaired) electrons. The van der Waals surface area contributed by atoms with Gasteiger partial charge in [-0.15, -0.1) is 0 Å². The Hall–Kier alpha value is -1.43. The van der Waals surface area contributed by atoms with E-state index in [4.69, 9.17) is 11.6 Å². The van der Waals surface area contributed by atoms with Crippen LogP contribution < -0.4 is 4.72 Å². The van der Waals surface area contributed by atoms with Crippen LogP contribution >= 0.6 is 11.6 Å². The van der Waals surface area contributed by atoms with Crippen molar-refractivity contribution >= 4 is 21.6 Å². The lowest BCUT2D eigenvalue weighted by Gasteiger charge is -2.26. The van der Waals surface area contributed by atoms with Crippen LogP contribution in [0.15, 0.2) is 47.5 Å². The summed E-state index contributed by atoms with van der Waals surface area (Å²) in [7, 11) is -3.59. The zero-order valence-electron chi connectivity index (χ0n) is 11.3. The Balaban J connectivity index is 1.88. The minimum atomic E-state index is -3.59. The van der Waals surface area contributed by atoms with Crippen LogP contribution in [0.4, 0.5) is 0 Å². The van der Waals surface area contributed by atoms with Gasteiger partial charge in [-0.05, 0) is 42.5 Å². The molecule has 0 amide bonds. The molecule has 1 aromatic heterocycles. The van der Waals surface area contributed by atoms with Crippen LogP contribution in [0.3, 0.4) is 0 Å². The van der Waals surface area contributed by atoms with E-state index < -0.39 is 10.0 Å². The predicted octanol–water partition coefficient (Wildman–Crippen LogP) is 3.09. The highest BCUT2D eigenvalue weighted by molar-refractivity contribution is 7.89. The van der Waals surface area contributed by atoms with Gasteiger partial charge in [0, 0.05) is 12.2 Å². The van der Waals surface area contributed by atoms with Gasteiger partial charge in [0.25, 0.3) is 0 Å². The van der Waals surface area contributed by atoms with E-state index in [1.807, 2.05) is 18.2 Å². The zero-order chi connectivity index (χ0) is 14.9. The number of fused-ring (bicyclic) bond motifs is 1. The van der Waals surface area contributed by atoms with Crippen LogP contribution in [0.5, 0.6) is 0 Å². The van der Waals surface area contributed by atoms with E-state index in [0.717, 1.165) is 24.8 Å². The molecule has 1 aliphatic rings. The highest BCUT2D eigenvalue weighted by atomic mass is 35.5. The van der Waals surface area contributed by atoms with Gasteiger partial charge in [-0.25, -0.2) is 18.1 Å². The number of sulfonamides is 1. The molecule has 0 spiro atoms. The standard InChI is InChI=1S/C15H15ClN2O2S/c16-15-9-8-12(10-17-15)21(19,20)18-14-7-3-5-11-4-1-2-6-13(11)14/h1-2,4,6,8-10,14,18H,3,5,7H2/t14-/m1/s1. The van der Waals surface area contributed by atoms with Gasteiger partial charge in [0.15, 0.2) is 0 Å². The maximum absolute atomic E-state index is 12.4. The Morgan fingerprint density at radius 1 is 1.19 bits per heavy atom. The molecule has 0 fully saturated rings. The number of aromatic nitrogens is 1. The molecule has 0 saturated carbocycles. The summed E-state index contributed by atoms with van der Waals surface area (Å²) >= 11 is 5.69. The molecule has 0 aliphatic heterocycles. The van der Waals surface area contributed by atoms with Gasteiger partial charge in [-0.3, -0.25) is 0 Å². The number of nitrogens with one attached hydrogen (secondary N) is 1. The summed E-state index contributed by atoms with van der Waals surface area (Å²) in [5.41, 5.74) is 2.28. The molecule has 2 aromatic rings. The molecule has 3 rings (SSSR count). The second-order valence-corrected chi connectivity index (χ2v) is 7.18. The average Bonchev–Trinajstić information content (AvgIpc) is 2.48. The van der Waals surface area contributed by atoms with E-state index in [-0.39, 0.29) is 16.1 Å². The molecule has 1 heterocycles. The minimum absolute atomic E-state index is 0.134.